The van der Waals surface area contributed by atoms with Crippen LogP contribution in [0.1, 0.15) is 6.92 Å². The largest absolute Gasteiger partial charge is 0.482 e. The average molecular weight is 516 g/mol. The van der Waals surface area contributed by atoms with Crippen molar-refractivity contribution in [2.45, 2.75) is 26.4 Å². The summed E-state index contributed by atoms with van der Waals surface area (Å²) in [4.78, 5) is 26.4. The van der Waals surface area contributed by atoms with E-state index in [4.69, 9.17) is 14.2 Å². The Morgan fingerprint density at radius 3 is 1.81 bits per heavy atom. The normalized spacial score (nSPS) is 11.6. The monoisotopic (exact) mass is 515 g/mol. The van der Waals surface area contributed by atoms with Gasteiger partial charge in [-0.15, -0.1) is 0 Å². The van der Waals surface area contributed by atoms with Gasteiger partial charge in [-0.05, 0) is 55.5 Å². The highest BCUT2D eigenvalue weighted by molar-refractivity contribution is 9.10. The van der Waals surface area contributed by atoms with E-state index in [0.717, 1.165) is 4.90 Å². The Hall–Kier alpha value is -2.77. The number of rotatable bonds is 10. The van der Waals surface area contributed by atoms with Gasteiger partial charge in [-0.2, -0.15) is 0 Å². The molecule has 3 rings (SSSR count). The summed E-state index contributed by atoms with van der Waals surface area (Å²) in [7, 11) is -0.240. The SMILES string of the molecule is CC(Br)C(=O)OCCOC(=O)COc1ccc([S+](c2ccccc2)c2ccccc2)cc1. The number of hydrogen-bond acceptors (Lipinski definition) is 5. The summed E-state index contributed by atoms with van der Waals surface area (Å²) in [5, 5.41) is 0. The number of carbonyl (C=O) groups excluding carboxylic acids is 2. The standard InChI is InChI=1S/C25H24BrO5S/c1-19(26)25(28)30-17-16-29-24(27)18-31-20-12-14-23(15-13-20)32(21-8-4-2-5-9-21)22-10-6-3-7-11-22/h2-15,19H,16-18H2,1H3/q+1. The van der Waals surface area contributed by atoms with Gasteiger partial charge in [0.2, 0.25) is 0 Å². The third kappa shape index (κ3) is 7.14. The van der Waals surface area contributed by atoms with Crippen molar-refractivity contribution in [3.8, 4) is 5.75 Å². The molecule has 0 bridgehead atoms. The zero-order chi connectivity index (χ0) is 22.8. The molecule has 0 aromatic heterocycles. The predicted octanol–water partition coefficient (Wildman–Crippen LogP) is 5.03. The number of carbonyl (C=O) groups is 2. The van der Waals surface area contributed by atoms with Crippen molar-refractivity contribution in [1.82, 2.24) is 0 Å². The first-order chi connectivity index (χ1) is 15.5. The molecule has 1 atom stereocenters. The van der Waals surface area contributed by atoms with Gasteiger partial charge in [0.25, 0.3) is 0 Å². The Morgan fingerprint density at radius 1 is 0.781 bits per heavy atom. The molecule has 32 heavy (non-hydrogen) atoms. The third-order valence-corrected chi connectivity index (χ3v) is 6.89. The highest BCUT2D eigenvalue weighted by atomic mass is 79.9. The Balaban J connectivity index is 1.56. The van der Waals surface area contributed by atoms with Crippen LogP contribution in [0.2, 0.25) is 0 Å². The predicted molar refractivity (Wildman–Crippen MR) is 127 cm³/mol. The molecule has 5 nitrogen and oxygen atoms in total. The molecule has 0 saturated carbocycles. The van der Waals surface area contributed by atoms with Crippen molar-refractivity contribution in [3.63, 3.8) is 0 Å². The van der Waals surface area contributed by atoms with Gasteiger partial charge < -0.3 is 14.2 Å². The minimum absolute atomic E-state index is 0.0104. The summed E-state index contributed by atoms with van der Waals surface area (Å²) in [6.45, 7) is 1.45. The quantitative estimate of drug-likeness (QED) is 0.164. The van der Waals surface area contributed by atoms with Gasteiger partial charge in [0.1, 0.15) is 23.8 Å². The lowest BCUT2D eigenvalue weighted by atomic mass is 10.3. The molecule has 0 aliphatic rings. The second kappa shape index (κ2) is 12.3. The number of ether oxygens (including phenoxy) is 3. The molecule has 3 aromatic carbocycles. The molecule has 0 spiro atoms. The molecule has 0 N–H and O–H groups in total. The van der Waals surface area contributed by atoms with Crippen LogP contribution in [0, 0.1) is 0 Å². The lowest BCUT2D eigenvalue weighted by Gasteiger charge is -2.10. The van der Waals surface area contributed by atoms with Crippen LogP contribution in [-0.2, 0) is 30.0 Å². The van der Waals surface area contributed by atoms with Gasteiger partial charge in [0.15, 0.2) is 21.3 Å². The van der Waals surface area contributed by atoms with E-state index in [1.54, 1.807) is 6.92 Å². The van der Waals surface area contributed by atoms with Crippen LogP contribution in [0.15, 0.2) is 99.6 Å². The Labute approximate surface area is 199 Å². The van der Waals surface area contributed by atoms with Gasteiger partial charge >= 0.3 is 11.9 Å². The maximum atomic E-state index is 11.8. The van der Waals surface area contributed by atoms with E-state index in [0.29, 0.717) is 5.75 Å². The number of alkyl halides is 1. The van der Waals surface area contributed by atoms with Crippen molar-refractivity contribution < 1.29 is 23.8 Å². The van der Waals surface area contributed by atoms with E-state index >= 15 is 0 Å². The van der Waals surface area contributed by atoms with E-state index in [1.165, 1.54) is 9.79 Å². The number of benzene rings is 3. The summed E-state index contributed by atoms with van der Waals surface area (Å²) in [5.41, 5.74) is 0. The van der Waals surface area contributed by atoms with Gasteiger partial charge in [-0.1, -0.05) is 52.3 Å². The maximum Gasteiger partial charge on any atom is 0.344 e. The van der Waals surface area contributed by atoms with E-state index in [-0.39, 0.29) is 30.7 Å². The molecule has 0 radical (unpaired) electrons. The van der Waals surface area contributed by atoms with Crippen LogP contribution in [0.4, 0.5) is 0 Å². The molecule has 7 heteroatoms. The minimum atomic E-state index is -0.523. The zero-order valence-corrected chi connectivity index (χ0v) is 20.0. The molecule has 1 unspecified atom stereocenters. The molecule has 0 amide bonds. The first kappa shape index (κ1) is 23.9. The second-order valence-corrected chi connectivity index (χ2v) is 10.1. The first-order valence-corrected chi connectivity index (χ1v) is 12.2. The van der Waals surface area contributed by atoms with Crippen LogP contribution in [0.5, 0.6) is 5.75 Å². The topological polar surface area (TPSA) is 61.8 Å². The van der Waals surface area contributed by atoms with Gasteiger partial charge in [0, 0.05) is 0 Å². The molecular weight excluding hydrogens is 492 g/mol. The lowest BCUT2D eigenvalue weighted by Crippen LogP contribution is -2.20. The number of hydrogen-bond donors (Lipinski definition) is 0. The van der Waals surface area contributed by atoms with Crippen molar-refractivity contribution in [2.24, 2.45) is 0 Å². The maximum absolute atomic E-state index is 11.8. The van der Waals surface area contributed by atoms with Crippen molar-refractivity contribution >= 4 is 38.8 Å². The smallest absolute Gasteiger partial charge is 0.344 e. The molecule has 0 aliphatic carbocycles. The lowest BCUT2D eigenvalue weighted by molar-refractivity contribution is -0.153. The van der Waals surface area contributed by atoms with Crippen LogP contribution in [0.3, 0.4) is 0 Å². The zero-order valence-electron chi connectivity index (χ0n) is 17.6. The highest BCUT2D eigenvalue weighted by Crippen LogP contribution is 2.31. The molecule has 0 fully saturated rings. The van der Waals surface area contributed by atoms with E-state index < -0.39 is 16.8 Å². The van der Waals surface area contributed by atoms with Crippen LogP contribution >= 0.6 is 15.9 Å². The molecule has 3 aromatic rings. The van der Waals surface area contributed by atoms with Crippen LogP contribution in [0.25, 0.3) is 0 Å². The average Bonchev–Trinajstić information content (AvgIpc) is 2.82. The highest BCUT2D eigenvalue weighted by Gasteiger charge is 2.28. The third-order valence-electron chi connectivity index (χ3n) is 4.29. The Kier molecular flexibility index (Phi) is 9.19. The summed E-state index contributed by atoms with van der Waals surface area (Å²) >= 11 is 3.11. The van der Waals surface area contributed by atoms with Crippen molar-refractivity contribution in [3.05, 3.63) is 84.9 Å². The first-order valence-electron chi connectivity index (χ1n) is 10.1. The van der Waals surface area contributed by atoms with Gasteiger partial charge in [-0.3, -0.25) is 4.79 Å². The molecule has 166 valence electrons. The fraction of sp³-hybridized carbons (Fsp3) is 0.200. The molecule has 0 aliphatic heterocycles. The Morgan fingerprint density at radius 2 is 1.28 bits per heavy atom. The molecular formula is C25H24BrO5S+. The van der Waals surface area contributed by atoms with Crippen LogP contribution < -0.4 is 4.74 Å². The van der Waals surface area contributed by atoms with E-state index in [9.17, 15) is 9.59 Å². The summed E-state index contributed by atoms with van der Waals surface area (Å²) in [5.74, 6) is -0.345. The second-order valence-electron chi connectivity index (χ2n) is 6.70. The molecule has 0 saturated heterocycles. The van der Waals surface area contributed by atoms with Crippen molar-refractivity contribution in [2.75, 3.05) is 19.8 Å². The Bertz CT molecular complexity index is 954. The van der Waals surface area contributed by atoms with Crippen LogP contribution in [-0.4, -0.2) is 36.6 Å². The van der Waals surface area contributed by atoms with E-state index in [2.05, 4.69) is 40.2 Å². The fourth-order valence-electron chi connectivity index (χ4n) is 2.79. The molecule has 0 heterocycles. The van der Waals surface area contributed by atoms with Crippen molar-refractivity contribution in [1.29, 1.82) is 0 Å². The number of halogens is 1. The summed E-state index contributed by atoms with van der Waals surface area (Å²) in [6.07, 6.45) is 0. The van der Waals surface area contributed by atoms with Gasteiger partial charge in [-0.25, -0.2) is 4.79 Å². The van der Waals surface area contributed by atoms with Gasteiger partial charge in [0.05, 0.1) is 10.9 Å². The van der Waals surface area contributed by atoms with E-state index in [1.807, 2.05) is 60.7 Å². The number of esters is 2. The minimum Gasteiger partial charge on any atom is -0.482 e. The summed E-state index contributed by atoms with van der Waals surface area (Å²) in [6, 6.07) is 28.5. The fourth-order valence-corrected chi connectivity index (χ4v) is 5.01. The summed E-state index contributed by atoms with van der Waals surface area (Å²) < 4.78 is 15.5.